The first kappa shape index (κ1) is 24.5. The number of aryl methyl sites for hydroxylation is 1. The second-order valence-electron chi connectivity index (χ2n) is 12.0. The number of aliphatic hydroxyl groups excluding tert-OH is 1. The molecule has 8 nitrogen and oxygen atoms in total. The lowest BCUT2D eigenvalue weighted by Crippen LogP contribution is -2.50. The molecular formula is C29H39N5O3. The Kier molecular flexibility index (Phi) is 6.05. The highest BCUT2D eigenvalue weighted by molar-refractivity contribution is 5.95. The standard InChI is InChI=1S/C29H39N5O3/c1-19-5-4-6-23(20(19)2)31-11-13-32(14-12-31)25(36)17-34-24-16-21-15-22(21)26(24)27(30-34)28(37)33-9-7-29(3,18-35)8-10-33/h4-6,21-22,35H,7-18H2,1-3H3/t21-,22?/m1/s1. The van der Waals surface area contributed by atoms with Gasteiger partial charge in [-0.1, -0.05) is 19.1 Å². The van der Waals surface area contributed by atoms with Gasteiger partial charge in [0.25, 0.3) is 5.91 Å². The van der Waals surface area contributed by atoms with Crippen molar-refractivity contribution in [3.63, 3.8) is 0 Å². The quantitative estimate of drug-likeness (QED) is 0.676. The molecule has 2 aliphatic carbocycles. The molecule has 8 heteroatoms. The summed E-state index contributed by atoms with van der Waals surface area (Å²) in [6.07, 6.45) is 3.67. The molecule has 3 fully saturated rings. The van der Waals surface area contributed by atoms with Crippen LogP contribution in [0.4, 0.5) is 5.69 Å². The number of hydrogen-bond acceptors (Lipinski definition) is 5. The van der Waals surface area contributed by atoms with E-state index in [1.54, 1.807) is 0 Å². The first-order valence-corrected chi connectivity index (χ1v) is 13.9. The Morgan fingerprint density at radius 3 is 2.49 bits per heavy atom. The maximum atomic E-state index is 13.5. The van der Waals surface area contributed by atoms with E-state index in [-0.39, 0.29) is 30.4 Å². The molecular weight excluding hydrogens is 466 g/mol. The monoisotopic (exact) mass is 505 g/mol. The molecule has 2 amide bonds. The van der Waals surface area contributed by atoms with E-state index in [2.05, 4.69) is 43.9 Å². The van der Waals surface area contributed by atoms with Gasteiger partial charge in [-0.2, -0.15) is 5.10 Å². The number of piperazine rings is 1. The van der Waals surface area contributed by atoms with Crippen LogP contribution in [0.2, 0.25) is 0 Å². The number of fused-ring (bicyclic) bond motifs is 3. The zero-order chi connectivity index (χ0) is 25.9. The number of benzene rings is 1. The maximum Gasteiger partial charge on any atom is 0.274 e. The zero-order valence-electron chi connectivity index (χ0n) is 22.4. The van der Waals surface area contributed by atoms with Crippen LogP contribution < -0.4 is 4.90 Å². The molecule has 0 radical (unpaired) electrons. The van der Waals surface area contributed by atoms with Gasteiger partial charge >= 0.3 is 0 Å². The number of carbonyl (C=O) groups excluding carboxylic acids is 2. The summed E-state index contributed by atoms with van der Waals surface area (Å²) in [4.78, 5) is 33.1. The second-order valence-corrected chi connectivity index (χ2v) is 12.0. The van der Waals surface area contributed by atoms with Crippen molar-refractivity contribution in [2.24, 2.45) is 11.3 Å². The Balaban J connectivity index is 1.13. The van der Waals surface area contributed by atoms with Crippen molar-refractivity contribution in [3.8, 4) is 0 Å². The maximum absolute atomic E-state index is 13.5. The Labute approximate surface area is 219 Å². The van der Waals surface area contributed by atoms with Crippen molar-refractivity contribution in [2.45, 2.75) is 58.9 Å². The average molecular weight is 506 g/mol. The summed E-state index contributed by atoms with van der Waals surface area (Å²) in [6, 6.07) is 6.41. The molecule has 1 unspecified atom stereocenters. The van der Waals surface area contributed by atoms with Gasteiger partial charge in [0.1, 0.15) is 6.54 Å². The molecule has 0 bridgehead atoms. The molecule has 1 saturated carbocycles. The Morgan fingerprint density at radius 2 is 1.78 bits per heavy atom. The largest absolute Gasteiger partial charge is 0.396 e. The van der Waals surface area contributed by atoms with Crippen molar-refractivity contribution in [1.82, 2.24) is 19.6 Å². The van der Waals surface area contributed by atoms with Crippen molar-refractivity contribution >= 4 is 17.5 Å². The SMILES string of the molecule is Cc1cccc(N2CCN(C(=O)Cn3nc(C(=O)N4CCC(C)(CO)CC4)c4c3C[C@H]3CC43)CC2)c1C. The highest BCUT2D eigenvalue weighted by Gasteiger charge is 2.50. The molecule has 0 spiro atoms. The number of hydrogen-bond donors (Lipinski definition) is 1. The van der Waals surface area contributed by atoms with E-state index >= 15 is 0 Å². The molecule has 2 atom stereocenters. The van der Waals surface area contributed by atoms with Crippen molar-refractivity contribution in [3.05, 3.63) is 46.3 Å². The van der Waals surface area contributed by atoms with Crippen molar-refractivity contribution in [2.75, 3.05) is 50.8 Å². The van der Waals surface area contributed by atoms with Crippen LogP contribution in [0.15, 0.2) is 18.2 Å². The van der Waals surface area contributed by atoms with Crippen LogP contribution in [0.25, 0.3) is 0 Å². The van der Waals surface area contributed by atoms with Crippen LogP contribution in [0.5, 0.6) is 0 Å². The molecule has 198 valence electrons. The van der Waals surface area contributed by atoms with Gasteiger partial charge in [0, 0.05) is 62.8 Å². The lowest BCUT2D eigenvalue weighted by atomic mass is 9.81. The first-order valence-electron chi connectivity index (χ1n) is 13.9. The summed E-state index contributed by atoms with van der Waals surface area (Å²) in [5.74, 6) is 1.13. The summed E-state index contributed by atoms with van der Waals surface area (Å²) < 4.78 is 1.84. The number of carbonyl (C=O) groups is 2. The predicted octanol–water partition coefficient (Wildman–Crippen LogP) is 2.74. The number of anilines is 1. The summed E-state index contributed by atoms with van der Waals surface area (Å²) in [6.45, 7) is 11.1. The van der Waals surface area contributed by atoms with Gasteiger partial charge in [-0.15, -0.1) is 0 Å². The van der Waals surface area contributed by atoms with E-state index in [1.165, 1.54) is 16.8 Å². The van der Waals surface area contributed by atoms with E-state index in [4.69, 9.17) is 5.10 Å². The zero-order valence-corrected chi connectivity index (χ0v) is 22.4. The highest BCUT2D eigenvalue weighted by Crippen LogP contribution is 2.57. The molecule has 1 N–H and O–H groups in total. The normalized spacial score (nSPS) is 24.2. The number of aromatic nitrogens is 2. The van der Waals surface area contributed by atoms with Crippen LogP contribution in [-0.4, -0.2) is 82.4 Å². The molecule has 6 rings (SSSR count). The van der Waals surface area contributed by atoms with Gasteiger partial charge < -0.3 is 19.8 Å². The number of likely N-dealkylation sites (tertiary alicyclic amines) is 1. The molecule has 2 aromatic rings. The average Bonchev–Trinajstić information content (AvgIpc) is 3.44. The van der Waals surface area contributed by atoms with Crippen LogP contribution in [-0.2, 0) is 17.8 Å². The van der Waals surface area contributed by atoms with Crippen LogP contribution >= 0.6 is 0 Å². The van der Waals surface area contributed by atoms with Gasteiger partial charge in [0.2, 0.25) is 5.91 Å². The van der Waals surface area contributed by atoms with Gasteiger partial charge in [-0.05, 0) is 74.0 Å². The van der Waals surface area contributed by atoms with Gasteiger partial charge in [0.15, 0.2) is 5.69 Å². The minimum atomic E-state index is -0.103. The third kappa shape index (κ3) is 4.33. The summed E-state index contributed by atoms with van der Waals surface area (Å²) >= 11 is 0. The Bertz CT molecular complexity index is 1220. The molecule has 2 aliphatic heterocycles. The Hall–Kier alpha value is -2.87. The minimum Gasteiger partial charge on any atom is -0.396 e. The third-order valence-corrected chi connectivity index (χ3v) is 9.52. The van der Waals surface area contributed by atoms with Gasteiger partial charge in [-0.3, -0.25) is 14.3 Å². The fourth-order valence-electron chi connectivity index (χ4n) is 6.54. The first-order chi connectivity index (χ1) is 17.8. The van der Waals surface area contributed by atoms with Gasteiger partial charge in [-0.25, -0.2) is 0 Å². The van der Waals surface area contributed by atoms with Crippen LogP contribution in [0.1, 0.15) is 65.0 Å². The lowest BCUT2D eigenvalue weighted by molar-refractivity contribution is -0.132. The number of amides is 2. The van der Waals surface area contributed by atoms with E-state index < -0.39 is 0 Å². The third-order valence-electron chi connectivity index (χ3n) is 9.52. The topological polar surface area (TPSA) is 81.9 Å². The summed E-state index contributed by atoms with van der Waals surface area (Å²) in [5.41, 5.74) is 6.53. The Morgan fingerprint density at radius 1 is 1.05 bits per heavy atom. The smallest absolute Gasteiger partial charge is 0.274 e. The van der Waals surface area contributed by atoms with E-state index in [0.717, 1.165) is 50.0 Å². The number of rotatable bonds is 5. The van der Waals surface area contributed by atoms with E-state index in [1.807, 2.05) is 14.5 Å². The molecule has 1 aromatic carbocycles. The molecule has 2 saturated heterocycles. The number of nitrogens with zero attached hydrogens (tertiary/aromatic N) is 5. The van der Waals surface area contributed by atoms with Gasteiger partial charge in [0.05, 0.1) is 0 Å². The molecule has 1 aromatic heterocycles. The fraction of sp³-hybridized carbons (Fsp3) is 0.621. The molecule has 4 aliphatic rings. The van der Waals surface area contributed by atoms with Crippen LogP contribution in [0.3, 0.4) is 0 Å². The van der Waals surface area contributed by atoms with E-state index in [0.29, 0.717) is 43.7 Å². The fourth-order valence-corrected chi connectivity index (χ4v) is 6.54. The van der Waals surface area contributed by atoms with Crippen LogP contribution in [0, 0.1) is 25.2 Å². The predicted molar refractivity (Wildman–Crippen MR) is 142 cm³/mol. The minimum absolute atomic E-state index is 0.00266. The van der Waals surface area contributed by atoms with E-state index in [9.17, 15) is 14.7 Å². The molecule has 3 heterocycles. The van der Waals surface area contributed by atoms with Crippen molar-refractivity contribution < 1.29 is 14.7 Å². The summed E-state index contributed by atoms with van der Waals surface area (Å²) in [5, 5.41) is 14.5. The summed E-state index contributed by atoms with van der Waals surface area (Å²) in [7, 11) is 0. The second kappa shape index (κ2) is 9.15. The number of aliphatic hydroxyl groups is 1. The lowest BCUT2D eigenvalue weighted by Gasteiger charge is -2.38. The molecule has 37 heavy (non-hydrogen) atoms. The highest BCUT2D eigenvalue weighted by atomic mass is 16.3. The van der Waals surface area contributed by atoms with Crippen molar-refractivity contribution in [1.29, 1.82) is 0 Å². The number of piperidine rings is 1.